The number of carbonyl (C=O) groups is 1. The monoisotopic (exact) mass is 753 g/mol. The van der Waals surface area contributed by atoms with Gasteiger partial charge in [0.05, 0.1) is 24.8 Å². The number of hydrogen-bond acceptors (Lipinski definition) is 9. The number of fused-ring (bicyclic) bond motifs is 1. The fourth-order valence-corrected chi connectivity index (χ4v) is 7.29. The van der Waals surface area contributed by atoms with Crippen molar-refractivity contribution in [1.82, 2.24) is 15.2 Å². The number of phenolic OH excluding ortho intramolecular Hbond substituents is 1. The van der Waals surface area contributed by atoms with E-state index >= 15 is 0 Å². The molecule has 6 rings (SSSR count). The van der Waals surface area contributed by atoms with Crippen LogP contribution in [0, 0.1) is 5.92 Å². The maximum atomic E-state index is 13.8. The summed E-state index contributed by atoms with van der Waals surface area (Å²) in [5.41, 5.74) is 0.305. The van der Waals surface area contributed by atoms with Crippen molar-refractivity contribution >= 4 is 28.5 Å². The number of likely N-dealkylation sites (tertiary alicyclic amines) is 1. The van der Waals surface area contributed by atoms with E-state index in [1.54, 1.807) is 60.7 Å². The Morgan fingerprint density at radius 2 is 1.72 bits per heavy atom. The number of aromatic amines is 1. The van der Waals surface area contributed by atoms with E-state index in [4.69, 9.17) is 21.1 Å². The minimum absolute atomic E-state index is 0.0452. The van der Waals surface area contributed by atoms with Crippen LogP contribution in [0.4, 0.5) is 0 Å². The molecular formula is C43H48ClN3O7. The highest BCUT2D eigenvalue weighted by molar-refractivity contribution is 6.31. The van der Waals surface area contributed by atoms with Gasteiger partial charge in [-0.2, -0.15) is 0 Å². The molecule has 0 bridgehead atoms. The molecule has 1 saturated heterocycles. The largest absolute Gasteiger partial charge is 0.506 e. The van der Waals surface area contributed by atoms with Crippen molar-refractivity contribution < 1.29 is 29.6 Å². The molecule has 0 amide bonds. The summed E-state index contributed by atoms with van der Waals surface area (Å²) in [7, 11) is 0. The number of hydrogen-bond donors (Lipinski definition) is 5. The fraction of sp³-hybridized carbons (Fsp3) is 0.349. The molecule has 2 atom stereocenters. The van der Waals surface area contributed by atoms with Crippen LogP contribution < -0.4 is 15.6 Å². The number of nitrogens with zero attached hydrogens (tertiary/aromatic N) is 1. The molecule has 1 aliphatic rings. The van der Waals surface area contributed by atoms with Crippen LogP contribution in [0.2, 0.25) is 5.02 Å². The first-order chi connectivity index (χ1) is 26.2. The quantitative estimate of drug-likeness (QED) is 0.0535. The first-order valence-electron chi connectivity index (χ1n) is 18.6. The Bertz CT molecular complexity index is 2050. The maximum absolute atomic E-state index is 13.8. The van der Waals surface area contributed by atoms with Gasteiger partial charge in [0.2, 0.25) is 11.2 Å². The van der Waals surface area contributed by atoms with Gasteiger partial charge in [-0.1, -0.05) is 78.3 Å². The number of aromatic nitrogens is 1. The third-order valence-electron chi connectivity index (χ3n) is 10.1. The van der Waals surface area contributed by atoms with Gasteiger partial charge >= 0.3 is 5.97 Å². The number of unbranched alkanes of at least 4 members (excludes halogenated alkanes) is 2. The minimum atomic E-state index is -2.13. The van der Waals surface area contributed by atoms with E-state index in [1.807, 2.05) is 6.07 Å². The van der Waals surface area contributed by atoms with Gasteiger partial charge in [-0.15, -0.1) is 0 Å². The van der Waals surface area contributed by atoms with Gasteiger partial charge in [-0.25, -0.2) is 4.79 Å². The number of aliphatic hydroxyl groups excluding tert-OH is 1. The van der Waals surface area contributed by atoms with Crippen LogP contribution >= 0.6 is 11.6 Å². The highest BCUT2D eigenvalue weighted by Gasteiger charge is 2.44. The molecule has 1 fully saturated rings. The second kappa shape index (κ2) is 18.6. The van der Waals surface area contributed by atoms with Gasteiger partial charge < -0.3 is 35.1 Å². The molecule has 0 aliphatic carbocycles. The summed E-state index contributed by atoms with van der Waals surface area (Å²) in [6.07, 6.45) is 3.46. The molecule has 10 nitrogen and oxygen atoms in total. The number of rotatable bonds is 17. The highest BCUT2D eigenvalue weighted by Crippen LogP contribution is 2.37. The molecule has 11 heteroatoms. The lowest BCUT2D eigenvalue weighted by molar-refractivity contribution is -0.164. The summed E-state index contributed by atoms with van der Waals surface area (Å²) in [6, 6.07) is 30.1. The van der Waals surface area contributed by atoms with E-state index in [9.17, 15) is 24.9 Å². The van der Waals surface area contributed by atoms with E-state index in [0.29, 0.717) is 47.5 Å². The Labute approximate surface area is 320 Å². The number of H-pyrrole nitrogens is 1. The molecule has 1 aliphatic heterocycles. The number of piperidine rings is 1. The fourth-order valence-electron chi connectivity index (χ4n) is 7.02. The van der Waals surface area contributed by atoms with E-state index in [1.165, 1.54) is 17.7 Å². The van der Waals surface area contributed by atoms with Gasteiger partial charge in [0.15, 0.2) is 0 Å². The van der Waals surface area contributed by atoms with Crippen LogP contribution in [0.3, 0.4) is 0 Å². The molecule has 284 valence electrons. The SMILES string of the molecule is O=C(OCC1CCN(Cc2ccccc2)CC1)C(O)(c1cccc(OCCCCCNC[C@H](O)c2ccc(O)c3[nH]c(=O)ccc23)c1)c1ccccc1Cl. The van der Waals surface area contributed by atoms with Crippen molar-refractivity contribution in [2.45, 2.75) is 50.4 Å². The number of aliphatic hydroxyl groups is 2. The van der Waals surface area contributed by atoms with Crippen LogP contribution in [0.15, 0.2) is 108 Å². The van der Waals surface area contributed by atoms with Crippen molar-refractivity contribution in [3.8, 4) is 11.5 Å². The van der Waals surface area contributed by atoms with Crippen LogP contribution in [-0.4, -0.2) is 70.6 Å². The zero-order valence-corrected chi connectivity index (χ0v) is 31.0. The van der Waals surface area contributed by atoms with Crippen LogP contribution in [0.1, 0.15) is 60.5 Å². The number of nitrogens with one attached hydrogen (secondary N) is 2. The Morgan fingerprint density at radius 1 is 0.944 bits per heavy atom. The van der Waals surface area contributed by atoms with Gasteiger partial charge in [-0.3, -0.25) is 9.69 Å². The lowest BCUT2D eigenvalue weighted by atomic mass is 9.86. The Hall–Kier alpha value is -4.71. The number of carbonyl (C=O) groups excluding carboxylic acids is 1. The lowest BCUT2D eigenvalue weighted by Gasteiger charge is -2.33. The number of esters is 1. The first kappa shape index (κ1) is 39.0. The third-order valence-corrected chi connectivity index (χ3v) is 10.4. The van der Waals surface area contributed by atoms with Gasteiger partial charge in [0.1, 0.15) is 11.5 Å². The highest BCUT2D eigenvalue weighted by atomic mass is 35.5. The summed E-state index contributed by atoms with van der Waals surface area (Å²) in [5.74, 6) is -0.110. The predicted octanol–water partition coefficient (Wildman–Crippen LogP) is 6.45. The second-order valence-electron chi connectivity index (χ2n) is 13.9. The number of pyridine rings is 1. The molecule has 54 heavy (non-hydrogen) atoms. The summed E-state index contributed by atoms with van der Waals surface area (Å²) in [4.78, 5) is 30.6. The average molecular weight is 754 g/mol. The number of halogens is 1. The van der Waals surface area contributed by atoms with Gasteiger partial charge in [0, 0.05) is 40.7 Å². The average Bonchev–Trinajstić information content (AvgIpc) is 3.19. The second-order valence-corrected chi connectivity index (χ2v) is 14.3. The standard InChI is InChI=1S/C43H48ClN3O7/c44-37-15-6-5-14-36(37)43(52,42(51)54-29-31-20-23-47(24-21-31)28-30-10-3-1-4-11-30)32-12-9-13-33(26-32)53-25-8-2-7-22-45-27-39(49)34-16-18-38(48)41-35(34)17-19-40(50)46-41/h1,3-6,9-19,26,31,39,45,48-49,52H,2,7-8,20-25,27-29H2,(H,46,50)/t39-,43?/m0/s1. The molecule has 4 aromatic carbocycles. The Morgan fingerprint density at radius 3 is 2.52 bits per heavy atom. The van der Waals surface area contributed by atoms with Crippen LogP contribution in [0.25, 0.3) is 10.9 Å². The van der Waals surface area contributed by atoms with Gasteiger partial charge in [-0.05, 0) is 99.1 Å². The molecule has 1 aromatic heterocycles. The Kier molecular flexibility index (Phi) is 13.4. The van der Waals surface area contributed by atoms with E-state index < -0.39 is 17.7 Å². The third kappa shape index (κ3) is 9.68. The van der Waals surface area contributed by atoms with Gasteiger partial charge in [0.25, 0.3) is 0 Å². The van der Waals surface area contributed by atoms with Crippen molar-refractivity contribution in [2.24, 2.45) is 5.92 Å². The molecule has 0 spiro atoms. The molecule has 5 aromatic rings. The summed E-state index contributed by atoms with van der Waals surface area (Å²) in [5, 5.41) is 37.2. The lowest BCUT2D eigenvalue weighted by Crippen LogP contribution is -2.41. The molecular weight excluding hydrogens is 706 g/mol. The molecule has 1 unspecified atom stereocenters. The summed E-state index contributed by atoms with van der Waals surface area (Å²) >= 11 is 6.57. The molecule has 2 heterocycles. The number of ether oxygens (including phenoxy) is 2. The van der Waals surface area contributed by atoms with E-state index in [2.05, 4.69) is 39.5 Å². The Balaban J connectivity index is 0.979. The van der Waals surface area contributed by atoms with Crippen molar-refractivity contribution in [2.75, 3.05) is 39.4 Å². The zero-order chi connectivity index (χ0) is 37.9. The minimum Gasteiger partial charge on any atom is -0.506 e. The number of benzene rings is 4. The molecule has 0 saturated carbocycles. The van der Waals surface area contributed by atoms with E-state index in [-0.39, 0.29) is 34.4 Å². The van der Waals surface area contributed by atoms with Crippen LogP contribution in [-0.2, 0) is 21.7 Å². The molecule has 0 radical (unpaired) electrons. The van der Waals surface area contributed by atoms with Crippen LogP contribution in [0.5, 0.6) is 11.5 Å². The maximum Gasteiger partial charge on any atom is 0.347 e. The summed E-state index contributed by atoms with van der Waals surface area (Å²) in [6.45, 7) is 4.36. The van der Waals surface area contributed by atoms with E-state index in [0.717, 1.165) is 51.7 Å². The first-order valence-corrected chi connectivity index (χ1v) is 19.0. The topological polar surface area (TPSA) is 144 Å². The van der Waals surface area contributed by atoms with Crippen molar-refractivity contribution in [3.05, 3.63) is 141 Å². The molecule has 5 N–H and O–H groups in total. The zero-order valence-electron chi connectivity index (χ0n) is 30.3. The smallest absolute Gasteiger partial charge is 0.347 e. The predicted molar refractivity (Wildman–Crippen MR) is 210 cm³/mol. The normalized spacial score (nSPS) is 15.5. The number of aromatic hydroxyl groups is 1. The summed E-state index contributed by atoms with van der Waals surface area (Å²) < 4.78 is 11.9. The van der Waals surface area contributed by atoms with Crippen molar-refractivity contribution in [1.29, 1.82) is 0 Å². The number of phenols is 1. The van der Waals surface area contributed by atoms with Crippen molar-refractivity contribution in [3.63, 3.8) is 0 Å².